The Labute approximate surface area is 124 Å². The highest BCUT2D eigenvalue weighted by molar-refractivity contribution is 7.91. The van der Waals surface area contributed by atoms with E-state index in [1.54, 1.807) is 18.3 Å². The molecule has 21 heavy (non-hydrogen) atoms. The maximum atomic E-state index is 12.3. The maximum absolute atomic E-state index is 12.3. The van der Waals surface area contributed by atoms with E-state index in [2.05, 4.69) is 9.97 Å². The minimum atomic E-state index is -3.23. The number of benzene rings is 1. The van der Waals surface area contributed by atoms with Crippen LogP contribution in [0.25, 0.3) is 0 Å². The van der Waals surface area contributed by atoms with E-state index < -0.39 is 9.84 Å². The molecule has 0 N–H and O–H groups in total. The molecule has 0 atom stereocenters. The number of aromatic nitrogens is 2. The molecule has 0 amide bonds. The summed E-state index contributed by atoms with van der Waals surface area (Å²) in [7, 11) is -3.23. The number of nitrogens with zero attached hydrogens (tertiary/aromatic N) is 3. The highest BCUT2D eigenvalue weighted by atomic mass is 32.2. The quantitative estimate of drug-likeness (QED) is 0.805. The summed E-state index contributed by atoms with van der Waals surface area (Å²) in [6.07, 6.45) is 1.78. The molecule has 0 spiro atoms. The van der Waals surface area contributed by atoms with Crippen molar-refractivity contribution in [3.63, 3.8) is 0 Å². The van der Waals surface area contributed by atoms with E-state index in [9.17, 15) is 8.42 Å². The van der Waals surface area contributed by atoms with Gasteiger partial charge in [-0.3, -0.25) is 0 Å². The van der Waals surface area contributed by atoms with Crippen LogP contribution in [0.5, 0.6) is 0 Å². The molecule has 2 aromatic rings. The molecule has 5 nitrogen and oxygen atoms in total. The van der Waals surface area contributed by atoms with E-state index in [4.69, 9.17) is 0 Å². The fourth-order valence-corrected chi connectivity index (χ4v) is 3.90. The van der Waals surface area contributed by atoms with Crippen LogP contribution in [-0.4, -0.2) is 30.7 Å². The number of anilines is 1. The molecule has 0 unspecified atom stereocenters. The molecule has 1 aliphatic rings. The van der Waals surface area contributed by atoms with Gasteiger partial charge in [0.15, 0.2) is 9.84 Å². The molecule has 0 radical (unpaired) electrons. The van der Waals surface area contributed by atoms with E-state index in [-0.39, 0.29) is 5.75 Å². The Morgan fingerprint density at radius 3 is 2.71 bits per heavy atom. The van der Waals surface area contributed by atoms with Gasteiger partial charge in [-0.05, 0) is 31.0 Å². The van der Waals surface area contributed by atoms with E-state index in [0.29, 0.717) is 23.9 Å². The van der Waals surface area contributed by atoms with Gasteiger partial charge in [0.25, 0.3) is 0 Å². The molecule has 0 saturated carbocycles. The average molecular weight is 303 g/mol. The first-order valence-electron chi connectivity index (χ1n) is 6.83. The summed E-state index contributed by atoms with van der Waals surface area (Å²) in [5.41, 5.74) is 2.75. The molecule has 0 saturated heterocycles. The Morgan fingerprint density at radius 1 is 1.19 bits per heavy atom. The molecule has 110 valence electrons. The van der Waals surface area contributed by atoms with Crippen molar-refractivity contribution >= 4 is 15.8 Å². The fourth-order valence-electron chi connectivity index (χ4n) is 2.40. The van der Waals surface area contributed by atoms with Crippen molar-refractivity contribution in [2.45, 2.75) is 25.3 Å². The van der Waals surface area contributed by atoms with Gasteiger partial charge in [-0.15, -0.1) is 0 Å². The zero-order chi connectivity index (χ0) is 15.0. The Morgan fingerprint density at radius 2 is 1.95 bits per heavy atom. The molecule has 1 aliphatic heterocycles. The minimum absolute atomic E-state index is 0.0836. The van der Waals surface area contributed by atoms with Gasteiger partial charge in [0.05, 0.1) is 10.6 Å². The molecule has 1 aromatic carbocycles. The number of rotatable bonds is 1. The monoisotopic (exact) mass is 303 g/mol. The fraction of sp³-hybridized carbons (Fsp3) is 0.333. The van der Waals surface area contributed by atoms with Crippen LogP contribution < -0.4 is 4.90 Å². The number of fused-ring (bicyclic) bond motifs is 1. The molecule has 0 fully saturated rings. The van der Waals surface area contributed by atoms with Crippen molar-refractivity contribution in [3.05, 3.63) is 47.3 Å². The number of hydrogen-bond acceptors (Lipinski definition) is 5. The van der Waals surface area contributed by atoms with Crippen LogP contribution in [0.1, 0.15) is 16.8 Å². The second-order valence-corrected chi connectivity index (χ2v) is 7.36. The average Bonchev–Trinajstić information content (AvgIpc) is 2.59. The van der Waals surface area contributed by atoms with E-state index in [0.717, 1.165) is 16.8 Å². The Hall–Kier alpha value is -1.95. The second-order valence-electron chi connectivity index (χ2n) is 5.29. The first kappa shape index (κ1) is 14.0. The SMILES string of the molecule is Cc1cnc(N2CCS(=O)(=O)c3ccccc3C2)nc1C. The van der Waals surface area contributed by atoms with Crippen molar-refractivity contribution in [3.8, 4) is 0 Å². The third-order valence-corrected chi connectivity index (χ3v) is 5.58. The van der Waals surface area contributed by atoms with Crippen LogP contribution >= 0.6 is 0 Å². The van der Waals surface area contributed by atoms with Gasteiger partial charge in [-0.25, -0.2) is 18.4 Å². The zero-order valence-electron chi connectivity index (χ0n) is 12.1. The molecule has 2 heterocycles. The zero-order valence-corrected chi connectivity index (χ0v) is 12.9. The van der Waals surface area contributed by atoms with Crippen LogP contribution in [0.3, 0.4) is 0 Å². The smallest absolute Gasteiger partial charge is 0.225 e. The van der Waals surface area contributed by atoms with Crippen LogP contribution in [0.15, 0.2) is 35.4 Å². The lowest BCUT2D eigenvalue weighted by atomic mass is 10.2. The van der Waals surface area contributed by atoms with Crippen LogP contribution in [0, 0.1) is 13.8 Å². The molecule has 0 bridgehead atoms. The Kier molecular flexibility index (Phi) is 3.41. The lowest BCUT2D eigenvalue weighted by Crippen LogP contribution is -2.27. The lowest BCUT2D eigenvalue weighted by molar-refractivity contribution is 0.596. The van der Waals surface area contributed by atoms with Crippen LogP contribution in [-0.2, 0) is 16.4 Å². The molecular formula is C15H17N3O2S. The van der Waals surface area contributed by atoms with E-state index >= 15 is 0 Å². The first-order valence-corrected chi connectivity index (χ1v) is 8.48. The number of hydrogen-bond donors (Lipinski definition) is 0. The minimum Gasteiger partial charge on any atom is -0.335 e. The van der Waals surface area contributed by atoms with Crippen molar-refractivity contribution in [1.29, 1.82) is 0 Å². The topological polar surface area (TPSA) is 63.2 Å². The van der Waals surface area contributed by atoms with E-state index in [1.807, 2.05) is 30.9 Å². The van der Waals surface area contributed by atoms with Crippen molar-refractivity contribution in [2.75, 3.05) is 17.2 Å². The molecule has 0 aliphatic carbocycles. The van der Waals surface area contributed by atoms with Gasteiger partial charge < -0.3 is 4.90 Å². The summed E-state index contributed by atoms with van der Waals surface area (Å²) in [6.45, 7) is 4.81. The number of sulfone groups is 1. The first-order chi connectivity index (χ1) is 9.97. The molecule has 3 rings (SSSR count). The third kappa shape index (κ3) is 2.63. The summed E-state index contributed by atoms with van der Waals surface area (Å²) < 4.78 is 24.6. The van der Waals surface area contributed by atoms with Gasteiger partial charge in [-0.1, -0.05) is 18.2 Å². The second kappa shape index (κ2) is 5.11. The van der Waals surface area contributed by atoms with Gasteiger partial charge in [-0.2, -0.15) is 0 Å². The largest absolute Gasteiger partial charge is 0.335 e. The van der Waals surface area contributed by atoms with Crippen molar-refractivity contribution in [1.82, 2.24) is 9.97 Å². The standard InChI is InChI=1S/C15H17N3O2S/c1-11-9-16-15(17-12(11)2)18-7-8-21(19,20)14-6-4-3-5-13(14)10-18/h3-6,9H,7-8,10H2,1-2H3. The summed E-state index contributed by atoms with van der Waals surface area (Å²) in [4.78, 5) is 11.2. The van der Waals surface area contributed by atoms with Crippen molar-refractivity contribution < 1.29 is 8.42 Å². The summed E-state index contributed by atoms with van der Waals surface area (Å²) in [6, 6.07) is 7.15. The molecule has 6 heteroatoms. The van der Waals surface area contributed by atoms with Crippen LogP contribution in [0.4, 0.5) is 5.95 Å². The molecular weight excluding hydrogens is 286 g/mol. The third-order valence-electron chi connectivity index (χ3n) is 3.79. The van der Waals surface area contributed by atoms with Gasteiger partial charge in [0.2, 0.25) is 5.95 Å². The van der Waals surface area contributed by atoms with E-state index in [1.165, 1.54) is 0 Å². The number of aryl methyl sites for hydroxylation is 2. The summed E-state index contributed by atoms with van der Waals surface area (Å²) in [5, 5.41) is 0. The highest BCUT2D eigenvalue weighted by Crippen LogP contribution is 2.24. The summed E-state index contributed by atoms with van der Waals surface area (Å²) >= 11 is 0. The highest BCUT2D eigenvalue weighted by Gasteiger charge is 2.26. The predicted molar refractivity (Wildman–Crippen MR) is 81.1 cm³/mol. The Bertz CT molecular complexity index is 787. The van der Waals surface area contributed by atoms with Crippen LogP contribution in [0.2, 0.25) is 0 Å². The molecule has 1 aromatic heterocycles. The lowest BCUT2D eigenvalue weighted by Gasteiger charge is -2.20. The predicted octanol–water partition coefficient (Wildman–Crippen LogP) is 1.89. The van der Waals surface area contributed by atoms with Gasteiger partial charge in [0.1, 0.15) is 0 Å². The Balaban J connectivity index is 2.03. The van der Waals surface area contributed by atoms with Crippen molar-refractivity contribution in [2.24, 2.45) is 0 Å². The maximum Gasteiger partial charge on any atom is 0.225 e. The van der Waals surface area contributed by atoms with Gasteiger partial charge >= 0.3 is 0 Å². The normalized spacial score (nSPS) is 17.1. The van der Waals surface area contributed by atoms with Gasteiger partial charge in [0, 0.05) is 25.0 Å². The summed E-state index contributed by atoms with van der Waals surface area (Å²) in [5.74, 6) is 0.672.